The van der Waals surface area contributed by atoms with Crippen LogP contribution in [0.4, 0.5) is 5.82 Å². The number of H-pyrrole nitrogens is 1. The normalized spacial score (nSPS) is 15.1. The lowest BCUT2D eigenvalue weighted by atomic mass is 10.3. The number of unbranched alkanes of at least 4 members (excludes halogenated alkanes) is 1. The van der Waals surface area contributed by atoms with Crippen molar-refractivity contribution in [1.29, 1.82) is 0 Å². The van der Waals surface area contributed by atoms with E-state index in [4.69, 9.17) is 0 Å². The summed E-state index contributed by atoms with van der Waals surface area (Å²) in [7, 11) is 1.99. The van der Waals surface area contributed by atoms with Crippen LogP contribution < -0.4 is 10.5 Å². The van der Waals surface area contributed by atoms with Gasteiger partial charge in [0.05, 0.1) is 0 Å². The highest BCUT2D eigenvalue weighted by atomic mass is 16.1. The Morgan fingerprint density at radius 1 is 1.56 bits per heavy atom. The van der Waals surface area contributed by atoms with Crippen molar-refractivity contribution in [2.24, 2.45) is 0 Å². The molecule has 0 amide bonds. The quantitative estimate of drug-likeness (QED) is 0.826. The van der Waals surface area contributed by atoms with Gasteiger partial charge in [0.2, 0.25) is 0 Å². The third kappa shape index (κ3) is 2.62. The summed E-state index contributed by atoms with van der Waals surface area (Å²) in [5.41, 5.74) is -0.0322. The molecule has 0 spiro atoms. The number of anilines is 1. The van der Waals surface area contributed by atoms with E-state index < -0.39 is 0 Å². The van der Waals surface area contributed by atoms with Crippen molar-refractivity contribution < 1.29 is 0 Å². The Balaban J connectivity index is 2.16. The largest absolute Gasteiger partial charge is 0.359 e. The topological polar surface area (TPSA) is 49.0 Å². The van der Waals surface area contributed by atoms with Crippen LogP contribution in [0.2, 0.25) is 0 Å². The maximum Gasteiger partial charge on any atom is 0.252 e. The van der Waals surface area contributed by atoms with E-state index in [1.165, 1.54) is 0 Å². The third-order valence-electron chi connectivity index (χ3n) is 2.95. The highest BCUT2D eigenvalue weighted by molar-refractivity contribution is 5.36. The van der Waals surface area contributed by atoms with Gasteiger partial charge in [-0.3, -0.25) is 4.79 Å². The van der Waals surface area contributed by atoms with Crippen molar-refractivity contribution in [3.63, 3.8) is 0 Å². The standard InChI is InChI=1S/C12H19N3O/c1-3-4-7-15(2)10-8-11(16)14-12(13-10)9-5-6-9/h8-9H,3-7H2,1-2H3,(H,13,14,16). The minimum absolute atomic E-state index is 0.0322. The molecule has 2 rings (SSSR count). The van der Waals surface area contributed by atoms with E-state index in [1.54, 1.807) is 6.07 Å². The summed E-state index contributed by atoms with van der Waals surface area (Å²) in [6.45, 7) is 3.12. The summed E-state index contributed by atoms with van der Waals surface area (Å²) >= 11 is 0. The molecule has 1 aliphatic carbocycles. The summed E-state index contributed by atoms with van der Waals surface area (Å²) < 4.78 is 0. The second kappa shape index (κ2) is 4.68. The first-order valence-corrected chi connectivity index (χ1v) is 6.03. The maximum absolute atomic E-state index is 11.5. The molecular formula is C12H19N3O. The van der Waals surface area contributed by atoms with E-state index in [-0.39, 0.29) is 5.56 Å². The molecule has 4 nitrogen and oxygen atoms in total. The Morgan fingerprint density at radius 3 is 2.94 bits per heavy atom. The lowest BCUT2D eigenvalue weighted by molar-refractivity contribution is 0.751. The van der Waals surface area contributed by atoms with Crippen molar-refractivity contribution in [2.45, 2.75) is 38.5 Å². The molecule has 4 heteroatoms. The minimum atomic E-state index is -0.0322. The van der Waals surface area contributed by atoms with Gasteiger partial charge in [0.25, 0.3) is 5.56 Å². The van der Waals surface area contributed by atoms with Crippen LogP contribution in [0.5, 0.6) is 0 Å². The number of rotatable bonds is 5. The highest BCUT2D eigenvalue weighted by Gasteiger charge is 2.26. The Labute approximate surface area is 95.7 Å². The van der Waals surface area contributed by atoms with Crippen LogP contribution in [-0.4, -0.2) is 23.6 Å². The first kappa shape index (κ1) is 11.2. The van der Waals surface area contributed by atoms with Crippen LogP contribution in [0.3, 0.4) is 0 Å². The molecule has 1 N–H and O–H groups in total. The van der Waals surface area contributed by atoms with Crippen LogP contribution in [0.25, 0.3) is 0 Å². The monoisotopic (exact) mass is 221 g/mol. The minimum Gasteiger partial charge on any atom is -0.359 e. The third-order valence-corrected chi connectivity index (χ3v) is 2.95. The molecule has 1 fully saturated rings. The van der Waals surface area contributed by atoms with E-state index in [0.717, 1.165) is 43.9 Å². The maximum atomic E-state index is 11.5. The zero-order valence-corrected chi connectivity index (χ0v) is 9.99. The Hall–Kier alpha value is -1.32. The van der Waals surface area contributed by atoms with Crippen molar-refractivity contribution in [3.05, 3.63) is 22.2 Å². The number of nitrogens with zero attached hydrogens (tertiary/aromatic N) is 2. The first-order valence-electron chi connectivity index (χ1n) is 6.03. The van der Waals surface area contributed by atoms with Crippen molar-refractivity contribution >= 4 is 5.82 Å². The highest BCUT2D eigenvalue weighted by Crippen LogP contribution is 2.37. The smallest absolute Gasteiger partial charge is 0.252 e. The second-order valence-electron chi connectivity index (χ2n) is 4.54. The van der Waals surface area contributed by atoms with Gasteiger partial charge in [-0.15, -0.1) is 0 Å². The molecule has 1 aromatic heterocycles. The second-order valence-corrected chi connectivity index (χ2v) is 4.54. The van der Waals surface area contributed by atoms with Gasteiger partial charge in [-0.1, -0.05) is 13.3 Å². The number of aromatic amines is 1. The molecule has 0 aliphatic heterocycles. The number of aromatic nitrogens is 2. The van der Waals surface area contributed by atoms with E-state index in [1.807, 2.05) is 7.05 Å². The van der Waals surface area contributed by atoms with Crippen molar-refractivity contribution in [3.8, 4) is 0 Å². The van der Waals surface area contributed by atoms with Gasteiger partial charge in [0.15, 0.2) is 0 Å². The van der Waals surface area contributed by atoms with E-state index >= 15 is 0 Å². The molecule has 88 valence electrons. The Bertz CT molecular complexity index is 409. The fourth-order valence-electron chi connectivity index (χ4n) is 1.72. The molecule has 1 aromatic rings. The Kier molecular flexibility index (Phi) is 3.27. The predicted molar refractivity (Wildman–Crippen MR) is 65.0 cm³/mol. The van der Waals surface area contributed by atoms with Gasteiger partial charge in [0, 0.05) is 25.6 Å². The van der Waals surface area contributed by atoms with Gasteiger partial charge in [-0.25, -0.2) is 4.98 Å². The van der Waals surface area contributed by atoms with Gasteiger partial charge >= 0.3 is 0 Å². The molecular weight excluding hydrogens is 202 g/mol. The van der Waals surface area contributed by atoms with E-state index in [9.17, 15) is 4.79 Å². The van der Waals surface area contributed by atoms with Crippen molar-refractivity contribution in [2.75, 3.05) is 18.5 Å². The summed E-state index contributed by atoms with van der Waals surface area (Å²) in [6.07, 6.45) is 4.60. The summed E-state index contributed by atoms with van der Waals surface area (Å²) in [4.78, 5) is 20.9. The van der Waals surface area contributed by atoms with Gasteiger partial charge in [-0.05, 0) is 19.3 Å². The molecule has 16 heavy (non-hydrogen) atoms. The van der Waals surface area contributed by atoms with E-state index in [0.29, 0.717) is 5.92 Å². The first-order chi connectivity index (χ1) is 7.70. The van der Waals surface area contributed by atoms with Crippen LogP contribution >= 0.6 is 0 Å². The van der Waals surface area contributed by atoms with Crippen LogP contribution in [-0.2, 0) is 0 Å². The summed E-state index contributed by atoms with van der Waals surface area (Å²) in [5.74, 6) is 2.16. The fraction of sp³-hybridized carbons (Fsp3) is 0.667. The predicted octanol–water partition coefficient (Wildman–Crippen LogP) is 1.88. The zero-order chi connectivity index (χ0) is 11.5. The molecule has 0 radical (unpaired) electrons. The molecule has 1 heterocycles. The molecule has 0 bridgehead atoms. The lowest BCUT2D eigenvalue weighted by Gasteiger charge is -2.17. The SMILES string of the molecule is CCCCN(C)c1cc(=O)[nH]c(C2CC2)n1. The molecule has 0 saturated heterocycles. The average molecular weight is 221 g/mol. The Morgan fingerprint density at radius 2 is 2.31 bits per heavy atom. The lowest BCUT2D eigenvalue weighted by Crippen LogP contribution is -2.23. The molecule has 0 aromatic carbocycles. The molecule has 1 aliphatic rings. The van der Waals surface area contributed by atoms with Gasteiger partial charge in [-0.2, -0.15) is 0 Å². The van der Waals surface area contributed by atoms with Crippen molar-refractivity contribution in [1.82, 2.24) is 9.97 Å². The zero-order valence-electron chi connectivity index (χ0n) is 9.99. The van der Waals surface area contributed by atoms with Gasteiger partial charge < -0.3 is 9.88 Å². The summed E-state index contributed by atoms with van der Waals surface area (Å²) in [5, 5.41) is 0. The molecule has 0 atom stereocenters. The number of hydrogen-bond donors (Lipinski definition) is 1. The summed E-state index contributed by atoms with van der Waals surface area (Å²) in [6, 6.07) is 1.58. The van der Waals surface area contributed by atoms with Gasteiger partial charge in [0.1, 0.15) is 11.6 Å². The van der Waals surface area contributed by atoms with E-state index in [2.05, 4.69) is 21.8 Å². The number of nitrogens with one attached hydrogen (secondary N) is 1. The van der Waals surface area contributed by atoms with Crippen LogP contribution in [0.1, 0.15) is 44.3 Å². The van der Waals surface area contributed by atoms with Crippen LogP contribution in [0.15, 0.2) is 10.9 Å². The molecule has 1 saturated carbocycles. The number of hydrogen-bond acceptors (Lipinski definition) is 3. The van der Waals surface area contributed by atoms with Crippen LogP contribution in [0, 0.1) is 0 Å². The fourth-order valence-corrected chi connectivity index (χ4v) is 1.72. The average Bonchev–Trinajstić information content (AvgIpc) is 3.08. The molecule has 0 unspecified atom stereocenters.